The van der Waals surface area contributed by atoms with Crippen molar-refractivity contribution in [3.8, 4) is 6.07 Å². The Morgan fingerprint density at radius 2 is 1.77 bits per heavy atom. The third kappa shape index (κ3) is 1.98. The Bertz CT molecular complexity index is 209. The molecule has 0 atom stereocenters. The predicted molar refractivity (Wildman–Crippen MR) is 42.5 cm³/mol. The van der Waals surface area contributed by atoms with Crippen molar-refractivity contribution in [3.63, 3.8) is 0 Å². The molecular weight excluding hydrogens is 174 g/mol. The van der Waals surface area contributed by atoms with Crippen molar-refractivity contribution in [2.45, 2.75) is 12.7 Å². The lowest BCUT2D eigenvalue weighted by Gasteiger charge is -2.39. The van der Waals surface area contributed by atoms with Crippen molar-refractivity contribution < 1.29 is 19.7 Å². The molecule has 1 saturated heterocycles. The molecule has 0 spiro atoms. The largest absolute Gasteiger partial charge is 0.396 e. The summed E-state index contributed by atoms with van der Waals surface area (Å²) in [5, 5.41) is 26.6. The first-order chi connectivity index (χ1) is 6.10. The minimum Gasteiger partial charge on any atom is -0.396 e. The Balaban J connectivity index is 2.61. The lowest BCUT2D eigenvalue weighted by Crippen LogP contribution is -2.51. The van der Waals surface area contributed by atoms with Gasteiger partial charge in [-0.3, -0.25) is 0 Å². The summed E-state index contributed by atoms with van der Waals surface area (Å²) in [4.78, 5) is 0. The van der Waals surface area contributed by atoms with E-state index in [1.54, 1.807) is 0 Å². The highest BCUT2D eigenvalue weighted by molar-refractivity contribution is 4.95. The van der Waals surface area contributed by atoms with E-state index in [1.165, 1.54) is 6.92 Å². The maximum absolute atomic E-state index is 8.98. The van der Waals surface area contributed by atoms with Crippen LogP contribution in [0.3, 0.4) is 0 Å². The van der Waals surface area contributed by atoms with Gasteiger partial charge < -0.3 is 19.7 Å². The fraction of sp³-hybridized carbons (Fsp3) is 0.875. The number of nitriles is 1. The van der Waals surface area contributed by atoms with E-state index in [2.05, 4.69) is 0 Å². The van der Waals surface area contributed by atoms with E-state index in [0.717, 1.165) is 0 Å². The molecule has 74 valence electrons. The van der Waals surface area contributed by atoms with Crippen LogP contribution in [0.5, 0.6) is 0 Å². The van der Waals surface area contributed by atoms with E-state index in [0.29, 0.717) is 0 Å². The number of aliphatic hydroxyl groups is 2. The molecule has 1 rings (SSSR count). The lowest BCUT2D eigenvalue weighted by atomic mass is 9.91. The van der Waals surface area contributed by atoms with Gasteiger partial charge in [-0.2, -0.15) is 5.26 Å². The van der Waals surface area contributed by atoms with Gasteiger partial charge in [0.05, 0.1) is 31.8 Å². The van der Waals surface area contributed by atoms with Gasteiger partial charge in [-0.25, -0.2) is 0 Å². The average Bonchev–Trinajstić information content (AvgIpc) is 2.20. The zero-order valence-corrected chi connectivity index (χ0v) is 7.49. The smallest absolute Gasteiger partial charge is 0.256 e. The van der Waals surface area contributed by atoms with E-state index in [9.17, 15) is 0 Å². The highest BCUT2D eigenvalue weighted by atomic mass is 16.7. The van der Waals surface area contributed by atoms with E-state index < -0.39 is 11.2 Å². The fourth-order valence-electron chi connectivity index (χ4n) is 0.962. The third-order valence-corrected chi connectivity index (χ3v) is 2.18. The van der Waals surface area contributed by atoms with Crippen LogP contribution in [0, 0.1) is 16.7 Å². The maximum Gasteiger partial charge on any atom is 0.256 e. The van der Waals surface area contributed by atoms with Gasteiger partial charge >= 0.3 is 0 Å². The van der Waals surface area contributed by atoms with Crippen LogP contribution in [-0.2, 0) is 9.47 Å². The van der Waals surface area contributed by atoms with Crippen LogP contribution in [0.2, 0.25) is 0 Å². The van der Waals surface area contributed by atoms with Gasteiger partial charge in [0.25, 0.3) is 5.79 Å². The first-order valence-electron chi connectivity index (χ1n) is 4.01. The Labute approximate surface area is 76.5 Å². The van der Waals surface area contributed by atoms with Crippen molar-refractivity contribution >= 4 is 0 Å². The summed E-state index contributed by atoms with van der Waals surface area (Å²) in [6.07, 6.45) is 0. The molecule has 0 bridgehead atoms. The Kier molecular flexibility index (Phi) is 2.88. The molecule has 0 saturated carbocycles. The second kappa shape index (κ2) is 3.60. The number of hydrogen-bond acceptors (Lipinski definition) is 5. The topological polar surface area (TPSA) is 82.7 Å². The van der Waals surface area contributed by atoms with Gasteiger partial charge in [0.1, 0.15) is 6.07 Å². The molecule has 0 amide bonds. The van der Waals surface area contributed by atoms with Crippen LogP contribution in [0.15, 0.2) is 0 Å². The average molecular weight is 187 g/mol. The quantitative estimate of drug-likeness (QED) is 0.594. The molecule has 13 heavy (non-hydrogen) atoms. The molecule has 0 radical (unpaired) electrons. The number of hydrogen-bond donors (Lipinski definition) is 2. The molecule has 0 aromatic rings. The number of ether oxygens (including phenoxy) is 2. The summed E-state index contributed by atoms with van der Waals surface area (Å²) >= 11 is 0. The highest BCUT2D eigenvalue weighted by Gasteiger charge is 2.41. The lowest BCUT2D eigenvalue weighted by molar-refractivity contribution is -0.275. The summed E-state index contributed by atoms with van der Waals surface area (Å²) in [5.74, 6) is -1.24. The van der Waals surface area contributed by atoms with Gasteiger partial charge in [-0.1, -0.05) is 0 Å². The van der Waals surface area contributed by atoms with E-state index in [4.69, 9.17) is 24.9 Å². The second-order valence-corrected chi connectivity index (χ2v) is 3.45. The maximum atomic E-state index is 8.98. The van der Waals surface area contributed by atoms with Crippen molar-refractivity contribution in [2.24, 2.45) is 5.41 Å². The van der Waals surface area contributed by atoms with Crippen molar-refractivity contribution in [1.82, 2.24) is 0 Å². The summed E-state index contributed by atoms with van der Waals surface area (Å²) in [5.41, 5.74) is -0.768. The van der Waals surface area contributed by atoms with Crippen LogP contribution in [0.4, 0.5) is 0 Å². The molecule has 1 aliphatic rings. The summed E-state index contributed by atoms with van der Waals surface area (Å²) in [7, 11) is 0. The van der Waals surface area contributed by atoms with Gasteiger partial charge in [0, 0.05) is 6.92 Å². The van der Waals surface area contributed by atoms with Gasteiger partial charge in [-0.15, -0.1) is 0 Å². The Morgan fingerprint density at radius 3 is 2.08 bits per heavy atom. The SMILES string of the molecule is CC1(C#N)OCC(CO)(CO)CO1. The molecule has 1 heterocycles. The minimum absolute atomic E-state index is 0.129. The molecule has 5 nitrogen and oxygen atoms in total. The predicted octanol–water partition coefficient (Wildman–Crippen LogP) is -0.756. The molecule has 0 aromatic carbocycles. The molecule has 2 N–H and O–H groups in total. The first-order valence-corrected chi connectivity index (χ1v) is 4.01. The molecule has 0 unspecified atom stereocenters. The van der Waals surface area contributed by atoms with Crippen LogP contribution in [0.25, 0.3) is 0 Å². The van der Waals surface area contributed by atoms with Crippen LogP contribution in [0.1, 0.15) is 6.92 Å². The molecule has 1 fully saturated rings. The summed E-state index contributed by atoms with van der Waals surface area (Å²) in [6, 6.07) is 1.86. The van der Waals surface area contributed by atoms with Crippen LogP contribution >= 0.6 is 0 Å². The number of rotatable bonds is 2. The fourth-order valence-corrected chi connectivity index (χ4v) is 0.962. The molecule has 0 aromatic heterocycles. The summed E-state index contributed by atoms with van der Waals surface area (Å²) < 4.78 is 10.2. The molecule has 0 aliphatic carbocycles. The van der Waals surface area contributed by atoms with Crippen LogP contribution in [-0.4, -0.2) is 42.4 Å². The summed E-state index contributed by atoms with van der Waals surface area (Å²) in [6.45, 7) is 1.33. The van der Waals surface area contributed by atoms with Gasteiger partial charge in [-0.05, 0) is 0 Å². The normalized spacial score (nSPS) is 25.1. The van der Waals surface area contributed by atoms with Crippen molar-refractivity contribution in [3.05, 3.63) is 0 Å². The van der Waals surface area contributed by atoms with E-state index >= 15 is 0 Å². The van der Waals surface area contributed by atoms with E-state index in [-0.39, 0.29) is 26.4 Å². The minimum atomic E-state index is -1.24. The second-order valence-electron chi connectivity index (χ2n) is 3.45. The molecule has 5 heteroatoms. The first kappa shape index (κ1) is 10.4. The Morgan fingerprint density at radius 1 is 1.31 bits per heavy atom. The standard InChI is InChI=1S/C8H13NO4/c1-7(2-9)12-5-8(3-10,4-11)6-13-7/h10-11H,3-6H2,1H3. The third-order valence-electron chi connectivity index (χ3n) is 2.18. The molecule has 1 aliphatic heterocycles. The molecular formula is C8H13NO4. The van der Waals surface area contributed by atoms with Gasteiger partial charge in [0.15, 0.2) is 0 Å². The van der Waals surface area contributed by atoms with E-state index in [1.807, 2.05) is 6.07 Å². The zero-order chi connectivity index (χ0) is 9.95. The Hall–Kier alpha value is -0.670. The highest BCUT2D eigenvalue weighted by Crippen LogP contribution is 2.28. The van der Waals surface area contributed by atoms with Crippen LogP contribution < -0.4 is 0 Å². The number of aliphatic hydroxyl groups excluding tert-OH is 2. The van der Waals surface area contributed by atoms with Gasteiger partial charge in [0.2, 0.25) is 0 Å². The monoisotopic (exact) mass is 187 g/mol. The zero-order valence-electron chi connectivity index (χ0n) is 7.49. The number of nitrogens with zero attached hydrogens (tertiary/aromatic N) is 1. The van der Waals surface area contributed by atoms with Crippen molar-refractivity contribution in [1.29, 1.82) is 5.26 Å². The van der Waals surface area contributed by atoms with Crippen molar-refractivity contribution in [2.75, 3.05) is 26.4 Å².